The Morgan fingerprint density at radius 3 is 2.67 bits per heavy atom. The molecule has 0 aliphatic heterocycles. The lowest BCUT2D eigenvalue weighted by molar-refractivity contribution is -0.380. The fourth-order valence-corrected chi connectivity index (χ4v) is 2.56. The van der Waals surface area contributed by atoms with Crippen LogP contribution in [0.25, 0.3) is 21.5 Å². The summed E-state index contributed by atoms with van der Waals surface area (Å²) >= 11 is 1.14. The molecular formula is C13H8N2O2S. The van der Waals surface area contributed by atoms with E-state index >= 15 is 0 Å². The molecule has 5 heteroatoms. The zero-order chi connectivity index (χ0) is 12.5. The van der Waals surface area contributed by atoms with Gasteiger partial charge in [-0.15, -0.1) is 0 Å². The van der Waals surface area contributed by atoms with Crippen molar-refractivity contribution in [1.29, 1.82) is 0 Å². The minimum Gasteiger partial charge on any atom is -0.258 e. The molecule has 0 fully saturated rings. The molecule has 0 saturated carbocycles. The Morgan fingerprint density at radius 1 is 1.06 bits per heavy atom. The van der Waals surface area contributed by atoms with E-state index in [9.17, 15) is 10.1 Å². The van der Waals surface area contributed by atoms with Crippen LogP contribution in [0.4, 0.5) is 5.00 Å². The molecule has 0 unspecified atom stereocenters. The van der Waals surface area contributed by atoms with Gasteiger partial charge in [-0.1, -0.05) is 35.6 Å². The zero-order valence-electron chi connectivity index (χ0n) is 9.24. The van der Waals surface area contributed by atoms with Crippen molar-refractivity contribution in [3.05, 3.63) is 58.6 Å². The van der Waals surface area contributed by atoms with Gasteiger partial charge < -0.3 is 0 Å². The van der Waals surface area contributed by atoms with Gasteiger partial charge in [0.15, 0.2) is 0 Å². The Kier molecular flexibility index (Phi) is 2.53. The summed E-state index contributed by atoms with van der Waals surface area (Å²) in [6, 6.07) is 14.9. The maximum Gasteiger partial charge on any atom is 0.324 e. The zero-order valence-corrected chi connectivity index (χ0v) is 10.1. The minimum absolute atomic E-state index is 0.139. The van der Waals surface area contributed by atoms with Gasteiger partial charge in [0.05, 0.1) is 21.0 Å². The molecule has 0 radical (unpaired) electrons. The Bertz CT molecular complexity index is 736. The second-order valence-corrected chi connectivity index (χ2v) is 4.85. The highest BCUT2D eigenvalue weighted by Gasteiger charge is 2.11. The lowest BCUT2D eigenvalue weighted by Gasteiger charge is -1.99. The Hall–Kier alpha value is -2.27. The maximum absolute atomic E-state index is 10.7. The van der Waals surface area contributed by atoms with Crippen molar-refractivity contribution in [3.8, 4) is 10.6 Å². The molecule has 0 aliphatic carbocycles. The average Bonchev–Trinajstić information content (AvgIpc) is 2.88. The number of aromatic nitrogens is 1. The minimum atomic E-state index is -0.380. The molecule has 2 heterocycles. The average molecular weight is 256 g/mol. The van der Waals surface area contributed by atoms with E-state index in [-0.39, 0.29) is 9.92 Å². The van der Waals surface area contributed by atoms with Gasteiger partial charge in [-0.05, 0) is 18.2 Å². The van der Waals surface area contributed by atoms with Gasteiger partial charge in [0.1, 0.15) is 0 Å². The molecule has 4 nitrogen and oxygen atoms in total. The van der Waals surface area contributed by atoms with Crippen LogP contribution in [0, 0.1) is 10.1 Å². The first-order valence-corrected chi connectivity index (χ1v) is 6.16. The maximum atomic E-state index is 10.7. The van der Waals surface area contributed by atoms with Gasteiger partial charge in [-0.25, -0.2) is 4.98 Å². The quantitative estimate of drug-likeness (QED) is 0.516. The first kappa shape index (κ1) is 10.9. The summed E-state index contributed by atoms with van der Waals surface area (Å²) in [5.41, 5.74) is 1.66. The number of rotatable bonds is 2. The van der Waals surface area contributed by atoms with Crippen LogP contribution in [0.3, 0.4) is 0 Å². The van der Waals surface area contributed by atoms with Gasteiger partial charge in [-0.3, -0.25) is 10.1 Å². The highest BCUT2D eigenvalue weighted by atomic mass is 32.1. The lowest BCUT2D eigenvalue weighted by Crippen LogP contribution is -1.82. The van der Waals surface area contributed by atoms with E-state index in [0.29, 0.717) is 0 Å². The van der Waals surface area contributed by atoms with Crippen molar-refractivity contribution >= 4 is 27.2 Å². The molecular weight excluding hydrogens is 248 g/mol. The Morgan fingerprint density at radius 2 is 1.89 bits per heavy atom. The van der Waals surface area contributed by atoms with Crippen LogP contribution in [0.5, 0.6) is 0 Å². The normalized spacial score (nSPS) is 10.7. The number of benzene rings is 1. The van der Waals surface area contributed by atoms with Crippen LogP contribution in [-0.4, -0.2) is 9.91 Å². The van der Waals surface area contributed by atoms with Gasteiger partial charge in [0.25, 0.3) is 0 Å². The van der Waals surface area contributed by atoms with Gasteiger partial charge in [-0.2, -0.15) is 0 Å². The first-order chi connectivity index (χ1) is 8.74. The van der Waals surface area contributed by atoms with E-state index in [1.165, 1.54) is 6.07 Å². The van der Waals surface area contributed by atoms with Crippen molar-refractivity contribution in [3.63, 3.8) is 0 Å². The fourth-order valence-electron chi connectivity index (χ4n) is 1.77. The molecule has 0 bridgehead atoms. The van der Waals surface area contributed by atoms with Gasteiger partial charge >= 0.3 is 5.00 Å². The third kappa shape index (κ3) is 1.84. The van der Waals surface area contributed by atoms with Crippen LogP contribution in [0.1, 0.15) is 0 Å². The summed E-state index contributed by atoms with van der Waals surface area (Å²) in [6.07, 6.45) is 0. The number of pyridine rings is 1. The predicted molar refractivity (Wildman–Crippen MR) is 71.7 cm³/mol. The van der Waals surface area contributed by atoms with Gasteiger partial charge in [0.2, 0.25) is 0 Å². The summed E-state index contributed by atoms with van der Waals surface area (Å²) in [5, 5.41) is 11.9. The van der Waals surface area contributed by atoms with Crippen molar-refractivity contribution in [2.45, 2.75) is 0 Å². The number of hydrogen-bond acceptors (Lipinski definition) is 4. The SMILES string of the molecule is O=[N+]([O-])c1ccc(-c2ccc3ccccc3n2)s1. The second kappa shape index (κ2) is 4.19. The molecule has 0 saturated heterocycles. The highest BCUT2D eigenvalue weighted by molar-refractivity contribution is 7.18. The number of hydrogen-bond donors (Lipinski definition) is 0. The predicted octanol–water partition coefficient (Wildman–Crippen LogP) is 3.87. The van der Waals surface area contributed by atoms with Gasteiger partial charge in [0, 0.05) is 11.5 Å². The smallest absolute Gasteiger partial charge is 0.258 e. The van der Waals surface area contributed by atoms with Crippen LogP contribution in [-0.2, 0) is 0 Å². The fraction of sp³-hybridized carbons (Fsp3) is 0. The van der Waals surface area contributed by atoms with Crippen LogP contribution in [0.15, 0.2) is 48.5 Å². The van der Waals surface area contributed by atoms with E-state index in [0.717, 1.165) is 32.8 Å². The first-order valence-electron chi connectivity index (χ1n) is 5.34. The summed E-state index contributed by atoms with van der Waals surface area (Å²) in [4.78, 5) is 15.6. The molecule has 88 valence electrons. The van der Waals surface area contributed by atoms with E-state index in [2.05, 4.69) is 4.98 Å². The molecule has 3 rings (SSSR count). The number of nitro groups is 1. The van der Waals surface area contributed by atoms with E-state index in [1.807, 2.05) is 36.4 Å². The van der Waals surface area contributed by atoms with Crippen LogP contribution >= 0.6 is 11.3 Å². The standard InChI is InChI=1S/C13H8N2O2S/c16-15(17)13-8-7-12(18-13)11-6-5-9-3-1-2-4-10(9)14-11/h1-8H. The van der Waals surface area contributed by atoms with Crippen molar-refractivity contribution < 1.29 is 4.92 Å². The summed E-state index contributed by atoms with van der Waals surface area (Å²) in [7, 11) is 0. The molecule has 18 heavy (non-hydrogen) atoms. The molecule has 0 spiro atoms. The van der Waals surface area contributed by atoms with Crippen molar-refractivity contribution in [2.75, 3.05) is 0 Å². The topological polar surface area (TPSA) is 56.0 Å². The third-order valence-electron chi connectivity index (χ3n) is 2.62. The molecule has 1 aromatic carbocycles. The number of thiophene rings is 1. The monoisotopic (exact) mass is 256 g/mol. The summed E-state index contributed by atoms with van der Waals surface area (Å²) in [6.45, 7) is 0. The van der Waals surface area contributed by atoms with Crippen molar-refractivity contribution in [1.82, 2.24) is 4.98 Å². The molecule has 0 amide bonds. The summed E-state index contributed by atoms with van der Waals surface area (Å²) in [5.74, 6) is 0. The van der Waals surface area contributed by atoms with E-state index in [4.69, 9.17) is 0 Å². The van der Waals surface area contributed by atoms with Crippen LogP contribution < -0.4 is 0 Å². The number of fused-ring (bicyclic) bond motifs is 1. The van der Waals surface area contributed by atoms with E-state index < -0.39 is 0 Å². The molecule has 3 aromatic rings. The Balaban J connectivity index is 2.10. The third-order valence-corrected chi connectivity index (χ3v) is 3.68. The molecule has 0 aliphatic rings. The molecule has 0 N–H and O–H groups in total. The Labute approximate surface area is 107 Å². The van der Waals surface area contributed by atoms with Crippen LogP contribution in [0.2, 0.25) is 0 Å². The number of para-hydroxylation sites is 1. The lowest BCUT2D eigenvalue weighted by atomic mass is 10.2. The number of nitrogens with zero attached hydrogens (tertiary/aromatic N) is 2. The summed E-state index contributed by atoms with van der Waals surface area (Å²) < 4.78 is 0. The second-order valence-electron chi connectivity index (χ2n) is 3.78. The molecule has 0 atom stereocenters. The van der Waals surface area contributed by atoms with E-state index in [1.54, 1.807) is 6.07 Å². The highest BCUT2D eigenvalue weighted by Crippen LogP contribution is 2.32. The van der Waals surface area contributed by atoms with Crippen molar-refractivity contribution in [2.24, 2.45) is 0 Å². The molecule has 2 aromatic heterocycles. The largest absolute Gasteiger partial charge is 0.324 e.